The smallest absolute Gasteiger partial charge is 0.0714 e. The number of benzene rings is 9. The minimum atomic E-state index is -0.530. The fraction of sp³-hybridized carbons (Fsp3) is 0.0714. The molecule has 0 radical (unpaired) electrons. The van der Waals surface area contributed by atoms with E-state index in [1.165, 1.54) is 83.2 Å². The molecule has 1 nitrogen and oxygen atoms in total. The van der Waals surface area contributed by atoms with E-state index in [1.54, 1.807) is 0 Å². The van der Waals surface area contributed by atoms with Crippen LogP contribution in [0.2, 0.25) is 0 Å². The number of fused-ring (bicyclic) bond motifs is 7. The number of rotatable bonds is 6. The van der Waals surface area contributed by atoms with Gasteiger partial charge in [-0.05, 0) is 114 Å². The minimum absolute atomic E-state index is 0.134. The van der Waals surface area contributed by atoms with Crippen LogP contribution in [0.1, 0.15) is 47.2 Å². The molecule has 0 spiro atoms. The number of hydrogen-bond acceptors (Lipinski definition) is 1. The van der Waals surface area contributed by atoms with Gasteiger partial charge in [-0.25, -0.2) is 0 Å². The van der Waals surface area contributed by atoms with E-state index in [0.717, 1.165) is 11.4 Å². The molecular weight excluding hydrogens is 687 g/mol. The topological polar surface area (TPSA) is 3.24 Å². The minimum Gasteiger partial charge on any atom is -0.310 e. The molecule has 0 N–H and O–H groups in total. The van der Waals surface area contributed by atoms with Gasteiger partial charge in [0.1, 0.15) is 0 Å². The van der Waals surface area contributed by atoms with E-state index in [1.807, 2.05) is 0 Å². The van der Waals surface area contributed by atoms with Crippen molar-refractivity contribution in [3.63, 3.8) is 0 Å². The van der Waals surface area contributed by atoms with Gasteiger partial charge in [0, 0.05) is 22.4 Å². The van der Waals surface area contributed by atoms with Crippen LogP contribution in [0.5, 0.6) is 0 Å². The highest BCUT2D eigenvalue weighted by Gasteiger charge is 2.48. The predicted octanol–water partition coefficient (Wildman–Crippen LogP) is 14.6. The van der Waals surface area contributed by atoms with Crippen molar-refractivity contribution >= 4 is 27.8 Å². The van der Waals surface area contributed by atoms with Crippen LogP contribution in [0.3, 0.4) is 0 Å². The standard InChI is InChI=1S/C56H41N/c1-55(2)49-26-15-14-25-46(49)47-34-33-45(37-51(47)55)57(44-31-29-39(30-32-44)38-17-6-3-7-18-38)53-28-16-27-50-54(53)48-35-40-19-12-13-20-41(40)36-52(48)56(50,42-21-8-4-9-22-42)43-23-10-5-11-24-43/h3-37H,1-2H3. The average molecular weight is 728 g/mol. The third kappa shape index (κ3) is 4.95. The van der Waals surface area contributed by atoms with E-state index in [-0.39, 0.29) is 5.41 Å². The summed E-state index contributed by atoms with van der Waals surface area (Å²) in [5.41, 5.74) is 18.2. The Labute approximate surface area is 335 Å². The molecule has 0 fully saturated rings. The Kier molecular flexibility index (Phi) is 7.50. The fourth-order valence-electron chi connectivity index (χ4n) is 10.1. The third-order valence-corrected chi connectivity index (χ3v) is 12.7. The van der Waals surface area contributed by atoms with E-state index in [2.05, 4.69) is 231 Å². The molecule has 0 atom stereocenters. The molecule has 57 heavy (non-hydrogen) atoms. The van der Waals surface area contributed by atoms with Crippen LogP contribution in [0.25, 0.3) is 44.2 Å². The Morgan fingerprint density at radius 3 is 1.60 bits per heavy atom. The zero-order valence-electron chi connectivity index (χ0n) is 32.2. The lowest BCUT2D eigenvalue weighted by Crippen LogP contribution is -2.28. The monoisotopic (exact) mass is 727 g/mol. The Morgan fingerprint density at radius 2 is 0.895 bits per heavy atom. The maximum absolute atomic E-state index is 2.51. The van der Waals surface area contributed by atoms with Crippen LogP contribution in [0.15, 0.2) is 212 Å². The summed E-state index contributed by atoms with van der Waals surface area (Å²) in [5, 5.41) is 2.49. The van der Waals surface area contributed by atoms with E-state index < -0.39 is 5.41 Å². The number of nitrogens with zero attached hydrogens (tertiary/aromatic N) is 1. The summed E-state index contributed by atoms with van der Waals surface area (Å²) in [4.78, 5) is 2.51. The summed E-state index contributed by atoms with van der Waals surface area (Å²) in [5.74, 6) is 0. The molecule has 0 aromatic heterocycles. The Bertz CT molecular complexity index is 2920. The van der Waals surface area contributed by atoms with E-state index in [9.17, 15) is 0 Å². The second kappa shape index (κ2) is 12.8. The van der Waals surface area contributed by atoms with Crippen molar-refractivity contribution in [2.24, 2.45) is 0 Å². The summed E-state index contributed by atoms with van der Waals surface area (Å²) < 4.78 is 0. The van der Waals surface area contributed by atoms with Crippen molar-refractivity contribution in [1.29, 1.82) is 0 Å². The Hall–Kier alpha value is -6.96. The molecule has 2 aliphatic carbocycles. The zero-order chi connectivity index (χ0) is 38.1. The van der Waals surface area contributed by atoms with Gasteiger partial charge in [0.15, 0.2) is 0 Å². The molecule has 0 unspecified atom stereocenters. The lowest BCUT2D eigenvalue weighted by atomic mass is 9.67. The first-order valence-electron chi connectivity index (χ1n) is 20.0. The normalized spacial score (nSPS) is 14.1. The Balaban J connectivity index is 1.22. The molecule has 1 heteroatoms. The van der Waals surface area contributed by atoms with Gasteiger partial charge in [-0.2, -0.15) is 0 Å². The molecule has 2 aliphatic rings. The van der Waals surface area contributed by atoms with Crippen LogP contribution in [0, 0.1) is 0 Å². The molecule has 0 aliphatic heterocycles. The summed E-state index contributed by atoms with van der Waals surface area (Å²) in [7, 11) is 0. The van der Waals surface area contributed by atoms with E-state index in [4.69, 9.17) is 0 Å². The van der Waals surface area contributed by atoms with Gasteiger partial charge in [-0.15, -0.1) is 0 Å². The highest BCUT2D eigenvalue weighted by atomic mass is 15.1. The summed E-state index contributed by atoms with van der Waals surface area (Å²) >= 11 is 0. The van der Waals surface area contributed by atoms with Gasteiger partial charge in [-0.3, -0.25) is 0 Å². The molecule has 270 valence electrons. The van der Waals surface area contributed by atoms with Gasteiger partial charge in [0.25, 0.3) is 0 Å². The average Bonchev–Trinajstić information content (AvgIpc) is 3.69. The van der Waals surface area contributed by atoms with Crippen molar-refractivity contribution in [3.05, 3.63) is 246 Å². The predicted molar refractivity (Wildman–Crippen MR) is 239 cm³/mol. The first kappa shape index (κ1) is 33.4. The maximum atomic E-state index is 2.51. The number of anilines is 3. The lowest BCUT2D eigenvalue weighted by molar-refractivity contribution is 0.660. The molecule has 0 amide bonds. The zero-order valence-corrected chi connectivity index (χ0v) is 32.2. The first-order valence-corrected chi connectivity index (χ1v) is 20.0. The molecular formula is C56H41N. The van der Waals surface area contributed by atoms with Gasteiger partial charge < -0.3 is 4.90 Å². The van der Waals surface area contributed by atoms with Crippen molar-refractivity contribution in [2.75, 3.05) is 4.90 Å². The third-order valence-electron chi connectivity index (χ3n) is 12.7. The van der Waals surface area contributed by atoms with Gasteiger partial charge in [0.2, 0.25) is 0 Å². The molecule has 11 rings (SSSR count). The molecule has 0 saturated carbocycles. The second-order valence-corrected chi connectivity index (χ2v) is 16.1. The highest BCUT2D eigenvalue weighted by molar-refractivity contribution is 6.02. The van der Waals surface area contributed by atoms with Crippen LogP contribution in [-0.4, -0.2) is 0 Å². The first-order chi connectivity index (χ1) is 28.0. The molecule has 0 saturated heterocycles. The van der Waals surface area contributed by atoms with Crippen molar-refractivity contribution < 1.29 is 0 Å². The Morgan fingerprint density at radius 1 is 0.351 bits per heavy atom. The van der Waals surface area contributed by atoms with E-state index in [0.29, 0.717) is 0 Å². The second-order valence-electron chi connectivity index (χ2n) is 16.1. The molecule has 0 heterocycles. The van der Waals surface area contributed by atoms with Gasteiger partial charge >= 0.3 is 0 Å². The molecule has 9 aromatic rings. The summed E-state index contributed by atoms with van der Waals surface area (Å²) in [6.07, 6.45) is 0. The maximum Gasteiger partial charge on any atom is 0.0714 e. The highest BCUT2D eigenvalue weighted by Crippen LogP contribution is 2.60. The molecule has 9 aromatic carbocycles. The number of hydrogen-bond donors (Lipinski definition) is 0. The van der Waals surface area contributed by atoms with Crippen molar-refractivity contribution in [1.82, 2.24) is 0 Å². The van der Waals surface area contributed by atoms with Crippen LogP contribution in [0.4, 0.5) is 17.1 Å². The van der Waals surface area contributed by atoms with Crippen molar-refractivity contribution in [2.45, 2.75) is 24.7 Å². The van der Waals surface area contributed by atoms with Crippen molar-refractivity contribution in [3.8, 4) is 33.4 Å². The lowest BCUT2D eigenvalue weighted by Gasteiger charge is -2.34. The SMILES string of the molecule is CC1(C)c2ccccc2-c2ccc(N(c3ccc(-c4ccccc4)cc3)c3cccc4c3-c3cc5ccccc5cc3C4(c3ccccc3)c3ccccc3)cc21. The van der Waals surface area contributed by atoms with Gasteiger partial charge in [0.05, 0.1) is 11.1 Å². The van der Waals surface area contributed by atoms with Crippen LogP contribution < -0.4 is 4.90 Å². The summed E-state index contributed by atoms with van der Waals surface area (Å²) in [6, 6.07) is 78.9. The fourth-order valence-corrected chi connectivity index (χ4v) is 10.1. The van der Waals surface area contributed by atoms with Crippen LogP contribution in [-0.2, 0) is 10.8 Å². The quantitative estimate of drug-likeness (QED) is 0.165. The largest absolute Gasteiger partial charge is 0.310 e. The van der Waals surface area contributed by atoms with E-state index >= 15 is 0 Å². The summed E-state index contributed by atoms with van der Waals surface area (Å²) in [6.45, 7) is 4.74. The molecule has 0 bridgehead atoms. The van der Waals surface area contributed by atoms with Gasteiger partial charge in [-0.1, -0.05) is 184 Å². The van der Waals surface area contributed by atoms with Crippen LogP contribution >= 0.6 is 0 Å².